The molecule has 1 aliphatic rings. The van der Waals surface area contributed by atoms with Crippen LogP contribution < -0.4 is 0 Å². The number of hydrogen-bond donors (Lipinski definition) is 0. The van der Waals surface area contributed by atoms with Gasteiger partial charge in [-0.15, -0.1) is 0 Å². The van der Waals surface area contributed by atoms with Crippen LogP contribution in [-0.2, 0) is 0 Å². The van der Waals surface area contributed by atoms with Crippen LogP contribution in [0.1, 0.15) is 87.5 Å². The van der Waals surface area contributed by atoms with Crippen LogP contribution in [0.3, 0.4) is 0 Å². The summed E-state index contributed by atoms with van der Waals surface area (Å²) in [5.74, 6) is 7.28. The maximum absolute atomic E-state index is 2.53. The summed E-state index contributed by atoms with van der Waals surface area (Å²) in [5, 5.41) is 0. The topological polar surface area (TPSA) is 0 Å². The maximum Gasteiger partial charge on any atom is -0.0355 e. The standard InChI is InChI=1S/C21H42/c1-9-10-15(4)18(7)19(8)16(5)13-21(20-11-12-20)17(6)14(2)3/h14-21H,9-13H2,1-8H3. The van der Waals surface area contributed by atoms with E-state index in [0.29, 0.717) is 0 Å². The predicted octanol–water partition coefficient (Wildman–Crippen LogP) is 7.04. The van der Waals surface area contributed by atoms with Crippen molar-refractivity contribution in [1.82, 2.24) is 0 Å². The first-order chi connectivity index (χ1) is 9.79. The minimum atomic E-state index is 0.842. The van der Waals surface area contributed by atoms with Crippen molar-refractivity contribution in [1.29, 1.82) is 0 Å². The smallest absolute Gasteiger partial charge is 0.0355 e. The van der Waals surface area contributed by atoms with Crippen LogP contribution >= 0.6 is 0 Å². The third-order valence-corrected chi connectivity index (χ3v) is 6.97. The van der Waals surface area contributed by atoms with Crippen molar-refractivity contribution >= 4 is 0 Å². The molecule has 6 atom stereocenters. The molecule has 1 rings (SSSR count). The fraction of sp³-hybridized carbons (Fsp3) is 1.00. The summed E-state index contributed by atoms with van der Waals surface area (Å²) in [4.78, 5) is 0. The summed E-state index contributed by atoms with van der Waals surface area (Å²) in [5.41, 5.74) is 0. The van der Waals surface area contributed by atoms with Gasteiger partial charge in [-0.3, -0.25) is 0 Å². The normalized spacial score (nSPS) is 24.4. The molecule has 0 aromatic heterocycles. The summed E-state index contributed by atoms with van der Waals surface area (Å²) < 4.78 is 0. The van der Waals surface area contributed by atoms with Gasteiger partial charge in [0.1, 0.15) is 0 Å². The molecule has 1 aliphatic carbocycles. The summed E-state index contributed by atoms with van der Waals surface area (Å²) >= 11 is 0. The van der Waals surface area contributed by atoms with E-state index in [-0.39, 0.29) is 0 Å². The third kappa shape index (κ3) is 5.61. The first kappa shape index (κ1) is 19.0. The largest absolute Gasteiger partial charge is 0.0654 e. The van der Waals surface area contributed by atoms with Crippen molar-refractivity contribution < 1.29 is 0 Å². The molecule has 0 heteroatoms. The minimum Gasteiger partial charge on any atom is -0.0654 e. The summed E-state index contributed by atoms with van der Waals surface area (Å²) in [6.45, 7) is 19.7. The van der Waals surface area contributed by atoms with E-state index in [1.165, 1.54) is 32.1 Å². The molecule has 0 spiro atoms. The van der Waals surface area contributed by atoms with E-state index in [9.17, 15) is 0 Å². The first-order valence-corrected chi connectivity index (χ1v) is 9.79. The minimum absolute atomic E-state index is 0.842. The zero-order chi connectivity index (χ0) is 16.2. The van der Waals surface area contributed by atoms with Crippen LogP contribution in [0.15, 0.2) is 0 Å². The van der Waals surface area contributed by atoms with E-state index < -0.39 is 0 Å². The van der Waals surface area contributed by atoms with E-state index in [1.54, 1.807) is 0 Å². The van der Waals surface area contributed by atoms with Crippen LogP contribution in [0.4, 0.5) is 0 Å². The molecule has 0 N–H and O–H groups in total. The van der Waals surface area contributed by atoms with Gasteiger partial charge in [-0.25, -0.2) is 0 Å². The highest BCUT2D eigenvalue weighted by atomic mass is 14.4. The lowest BCUT2D eigenvalue weighted by Crippen LogP contribution is -2.27. The van der Waals surface area contributed by atoms with Gasteiger partial charge in [0.2, 0.25) is 0 Å². The molecule has 0 nitrogen and oxygen atoms in total. The second kappa shape index (κ2) is 8.59. The van der Waals surface area contributed by atoms with Crippen molar-refractivity contribution in [3.63, 3.8) is 0 Å². The van der Waals surface area contributed by atoms with Gasteiger partial charge in [-0.05, 0) is 66.6 Å². The van der Waals surface area contributed by atoms with E-state index in [4.69, 9.17) is 0 Å². The molecule has 1 fully saturated rings. The molecule has 0 aromatic carbocycles. The van der Waals surface area contributed by atoms with E-state index in [0.717, 1.165) is 47.3 Å². The molecule has 126 valence electrons. The Morgan fingerprint density at radius 3 is 1.71 bits per heavy atom. The maximum atomic E-state index is 2.53. The summed E-state index contributed by atoms with van der Waals surface area (Å²) in [7, 11) is 0. The molecule has 0 bridgehead atoms. The molecule has 0 amide bonds. The van der Waals surface area contributed by atoms with E-state index in [1.807, 2.05) is 0 Å². The molecule has 0 aromatic rings. The Hall–Kier alpha value is 0. The molecule has 0 saturated heterocycles. The molecule has 1 saturated carbocycles. The fourth-order valence-electron chi connectivity index (χ4n) is 4.25. The van der Waals surface area contributed by atoms with Crippen molar-refractivity contribution in [3.05, 3.63) is 0 Å². The quantitative estimate of drug-likeness (QED) is 0.405. The van der Waals surface area contributed by atoms with Gasteiger partial charge in [0.15, 0.2) is 0 Å². The van der Waals surface area contributed by atoms with Gasteiger partial charge >= 0.3 is 0 Å². The van der Waals surface area contributed by atoms with Crippen molar-refractivity contribution in [2.45, 2.75) is 87.5 Å². The Labute approximate surface area is 135 Å². The second-order valence-electron chi connectivity index (χ2n) is 8.80. The molecule has 0 aliphatic heterocycles. The molecular weight excluding hydrogens is 252 g/mol. The fourth-order valence-corrected chi connectivity index (χ4v) is 4.25. The van der Waals surface area contributed by atoms with E-state index in [2.05, 4.69) is 55.4 Å². The third-order valence-electron chi connectivity index (χ3n) is 6.97. The number of hydrogen-bond acceptors (Lipinski definition) is 0. The van der Waals surface area contributed by atoms with E-state index >= 15 is 0 Å². The van der Waals surface area contributed by atoms with Gasteiger partial charge in [0, 0.05) is 0 Å². The Morgan fingerprint density at radius 2 is 1.29 bits per heavy atom. The van der Waals surface area contributed by atoms with Gasteiger partial charge in [-0.2, -0.15) is 0 Å². The Kier molecular flexibility index (Phi) is 7.79. The lowest BCUT2D eigenvalue weighted by molar-refractivity contribution is 0.142. The lowest BCUT2D eigenvalue weighted by Gasteiger charge is -2.35. The molecule has 21 heavy (non-hydrogen) atoms. The average molecular weight is 295 g/mol. The highest BCUT2D eigenvalue weighted by Crippen LogP contribution is 2.47. The highest BCUT2D eigenvalue weighted by Gasteiger charge is 2.37. The Bertz CT molecular complexity index is 276. The number of rotatable bonds is 10. The summed E-state index contributed by atoms with van der Waals surface area (Å²) in [6.07, 6.45) is 7.21. The first-order valence-electron chi connectivity index (χ1n) is 9.79. The van der Waals surface area contributed by atoms with Crippen LogP contribution in [0, 0.1) is 47.3 Å². The SMILES string of the molecule is CCCC(C)C(C)C(C)C(C)CC(C1CC1)C(C)C(C)C. The van der Waals surface area contributed by atoms with Crippen molar-refractivity contribution in [2.75, 3.05) is 0 Å². The van der Waals surface area contributed by atoms with Gasteiger partial charge in [-0.1, -0.05) is 68.2 Å². The summed E-state index contributed by atoms with van der Waals surface area (Å²) in [6, 6.07) is 0. The molecular formula is C21H42. The van der Waals surface area contributed by atoms with Crippen LogP contribution in [0.25, 0.3) is 0 Å². The van der Waals surface area contributed by atoms with Gasteiger partial charge in [0.05, 0.1) is 0 Å². The van der Waals surface area contributed by atoms with Gasteiger partial charge in [0.25, 0.3) is 0 Å². The zero-order valence-corrected chi connectivity index (χ0v) is 16.2. The lowest BCUT2D eigenvalue weighted by atomic mass is 9.70. The average Bonchev–Trinajstić information content (AvgIpc) is 3.26. The Balaban J connectivity index is 2.58. The zero-order valence-electron chi connectivity index (χ0n) is 16.2. The second-order valence-corrected chi connectivity index (χ2v) is 8.80. The van der Waals surface area contributed by atoms with Gasteiger partial charge < -0.3 is 0 Å². The van der Waals surface area contributed by atoms with Crippen LogP contribution in [0.2, 0.25) is 0 Å². The molecule has 0 radical (unpaired) electrons. The highest BCUT2D eigenvalue weighted by molar-refractivity contribution is 4.87. The van der Waals surface area contributed by atoms with Crippen LogP contribution in [-0.4, -0.2) is 0 Å². The molecule has 6 unspecified atom stereocenters. The predicted molar refractivity (Wildman–Crippen MR) is 96.4 cm³/mol. The molecule has 0 heterocycles. The monoisotopic (exact) mass is 294 g/mol. The van der Waals surface area contributed by atoms with Crippen molar-refractivity contribution in [2.24, 2.45) is 47.3 Å². The Morgan fingerprint density at radius 1 is 0.762 bits per heavy atom. The van der Waals surface area contributed by atoms with Crippen LogP contribution in [0.5, 0.6) is 0 Å². The van der Waals surface area contributed by atoms with Crippen molar-refractivity contribution in [3.8, 4) is 0 Å².